The molecule has 1 aliphatic heterocycles. The summed E-state index contributed by atoms with van der Waals surface area (Å²) in [4.78, 5) is 28.3. The van der Waals surface area contributed by atoms with E-state index < -0.39 is 5.54 Å². The van der Waals surface area contributed by atoms with E-state index in [9.17, 15) is 9.59 Å². The molecule has 6 heteroatoms. The van der Waals surface area contributed by atoms with Crippen molar-refractivity contribution in [1.29, 1.82) is 0 Å². The van der Waals surface area contributed by atoms with Gasteiger partial charge in [-0.05, 0) is 60.2 Å². The number of halogens is 1. The van der Waals surface area contributed by atoms with Crippen LogP contribution in [0.2, 0.25) is 0 Å². The Balaban J connectivity index is 1.93. The number of carbonyl (C=O) groups excluding carboxylic acids is 2. The Morgan fingerprint density at radius 3 is 2.67 bits per heavy atom. The van der Waals surface area contributed by atoms with E-state index in [1.807, 2.05) is 30.9 Å². The number of rotatable bonds is 4. The molecule has 21 heavy (non-hydrogen) atoms. The molecule has 0 radical (unpaired) electrons. The first-order valence-electron chi connectivity index (χ1n) is 7.33. The standard InChI is InChI=1S/C15H19BrN2O2S/c1-3-11-13(19)18(8-10-6-7-12(16)21-10)15(2,9-4-5-9)14(20)17-11/h6-7,9,11H,3-5,8H2,1-2H3,(H,17,20). The van der Waals surface area contributed by atoms with Gasteiger partial charge in [0.2, 0.25) is 11.8 Å². The molecule has 2 fully saturated rings. The SMILES string of the molecule is CCC1NC(=O)C(C)(C2CC2)N(Cc2ccc(Br)s2)C1=O. The van der Waals surface area contributed by atoms with Crippen LogP contribution in [0.1, 0.15) is 38.0 Å². The molecule has 2 amide bonds. The lowest BCUT2D eigenvalue weighted by Crippen LogP contribution is -2.69. The van der Waals surface area contributed by atoms with Crippen LogP contribution < -0.4 is 5.32 Å². The van der Waals surface area contributed by atoms with Gasteiger partial charge in [0.05, 0.1) is 10.3 Å². The summed E-state index contributed by atoms with van der Waals surface area (Å²) in [6.45, 7) is 4.38. The third-order valence-corrected chi connectivity index (χ3v) is 6.22. The van der Waals surface area contributed by atoms with Crippen molar-refractivity contribution >= 4 is 39.1 Å². The maximum Gasteiger partial charge on any atom is 0.246 e. The third kappa shape index (κ3) is 2.52. The van der Waals surface area contributed by atoms with Crippen LogP contribution in [0.5, 0.6) is 0 Å². The molecule has 1 saturated heterocycles. The second-order valence-corrected chi connectivity index (χ2v) is 8.53. The molecule has 0 aromatic carbocycles. The zero-order valence-corrected chi connectivity index (χ0v) is 14.6. The molecule has 2 unspecified atom stereocenters. The molecule has 4 nitrogen and oxygen atoms in total. The zero-order valence-electron chi connectivity index (χ0n) is 12.2. The minimum Gasteiger partial charge on any atom is -0.342 e. The first-order valence-corrected chi connectivity index (χ1v) is 8.94. The van der Waals surface area contributed by atoms with Gasteiger partial charge in [0.1, 0.15) is 11.6 Å². The fourth-order valence-electron chi connectivity index (χ4n) is 3.07. The van der Waals surface area contributed by atoms with E-state index in [1.165, 1.54) is 0 Å². The van der Waals surface area contributed by atoms with Gasteiger partial charge >= 0.3 is 0 Å². The maximum atomic E-state index is 12.8. The molecule has 1 aromatic rings. The Hall–Kier alpha value is -0.880. The molecule has 2 atom stereocenters. The van der Waals surface area contributed by atoms with E-state index in [0.717, 1.165) is 21.5 Å². The zero-order chi connectivity index (χ0) is 15.2. The number of nitrogens with zero attached hydrogens (tertiary/aromatic N) is 1. The highest BCUT2D eigenvalue weighted by Crippen LogP contribution is 2.45. The van der Waals surface area contributed by atoms with Crippen LogP contribution in [0.3, 0.4) is 0 Å². The second-order valence-electron chi connectivity index (χ2n) is 5.99. The predicted octanol–water partition coefficient (Wildman–Crippen LogP) is 2.92. The highest BCUT2D eigenvalue weighted by molar-refractivity contribution is 9.11. The predicted molar refractivity (Wildman–Crippen MR) is 85.9 cm³/mol. The van der Waals surface area contributed by atoms with E-state index in [1.54, 1.807) is 11.3 Å². The third-order valence-electron chi connectivity index (χ3n) is 4.61. The fourth-order valence-corrected chi connectivity index (χ4v) is 4.54. The highest BCUT2D eigenvalue weighted by atomic mass is 79.9. The molecular formula is C15H19BrN2O2S. The van der Waals surface area contributed by atoms with Gasteiger partial charge in [-0.1, -0.05) is 6.92 Å². The number of piperazine rings is 1. The number of hydrogen-bond acceptors (Lipinski definition) is 3. The van der Waals surface area contributed by atoms with E-state index in [2.05, 4.69) is 21.2 Å². The Bertz CT molecular complexity index is 584. The molecule has 2 heterocycles. The summed E-state index contributed by atoms with van der Waals surface area (Å²) < 4.78 is 1.05. The summed E-state index contributed by atoms with van der Waals surface area (Å²) in [5.74, 6) is 0.353. The number of nitrogens with one attached hydrogen (secondary N) is 1. The lowest BCUT2D eigenvalue weighted by molar-refractivity contribution is -0.159. The molecule has 1 aliphatic carbocycles. The van der Waals surface area contributed by atoms with Crippen molar-refractivity contribution in [1.82, 2.24) is 10.2 Å². The first kappa shape index (κ1) is 15.0. The number of thiophene rings is 1. The van der Waals surface area contributed by atoms with Crippen LogP contribution in [0, 0.1) is 5.92 Å². The van der Waals surface area contributed by atoms with Crippen molar-refractivity contribution in [2.45, 2.75) is 51.2 Å². The molecule has 1 saturated carbocycles. The highest BCUT2D eigenvalue weighted by Gasteiger charge is 2.56. The van der Waals surface area contributed by atoms with Gasteiger partial charge in [-0.15, -0.1) is 11.3 Å². The van der Waals surface area contributed by atoms with Gasteiger partial charge in [-0.3, -0.25) is 9.59 Å². The van der Waals surface area contributed by atoms with Crippen molar-refractivity contribution < 1.29 is 9.59 Å². The van der Waals surface area contributed by atoms with E-state index in [4.69, 9.17) is 0 Å². The van der Waals surface area contributed by atoms with Crippen LogP contribution in [-0.4, -0.2) is 28.3 Å². The van der Waals surface area contributed by atoms with Crippen LogP contribution in [0.25, 0.3) is 0 Å². The second kappa shape index (κ2) is 5.39. The number of carbonyl (C=O) groups is 2. The summed E-state index contributed by atoms with van der Waals surface area (Å²) in [6, 6.07) is 3.62. The number of amides is 2. The molecule has 0 spiro atoms. The minimum absolute atomic E-state index is 0.00655. The summed E-state index contributed by atoms with van der Waals surface area (Å²) in [5.41, 5.74) is -0.695. The fraction of sp³-hybridized carbons (Fsp3) is 0.600. The van der Waals surface area contributed by atoms with Crippen LogP contribution in [0.15, 0.2) is 15.9 Å². The van der Waals surface area contributed by atoms with Gasteiger partial charge in [0.15, 0.2) is 0 Å². The molecule has 2 aliphatic rings. The van der Waals surface area contributed by atoms with Gasteiger partial charge in [-0.2, -0.15) is 0 Å². The van der Waals surface area contributed by atoms with Gasteiger partial charge in [0.25, 0.3) is 0 Å². The van der Waals surface area contributed by atoms with E-state index in [-0.39, 0.29) is 17.9 Å². The van der Waals surface area contributed by atoms with Gasteiger partial charge < -0.3 is 10.2 Å². The summed E-state index contributed by atoms with van der Waals surface area (Å²) in [6.07, 6.45) is 2.69. The lowest BCUT2D eigenvalue weighted by atomic mass is 9.87. The Labute approximate surface area is 137 Å². The monoisotopic (exact) mass is 370 g/mol. The number of hydrogen-bond donors (Lipinski definition) is 1. The van der Waals surface area contributed by atoms with Crippen LogP contribution in [0.4, 0.5) is 0 Å². The molecule has 1 N–H and O–H groups in total. The van der Waals surface area contributed by atoms with Crippen molar-refractivity contribution in [3.63, 3.8) is 0 Å². The lowest BCUT2D eigenvalue weighted by Gasteiger charge is -2.46. The van der Waals surface area contributed by atoms with Crippen molar-refractivity contribution in [2.75, 3.05) is 0 Å². The average Bonchev–Trinajstić information content (AvgIpc) is 3.23. The Kier molecular flexibility index (Phi) is 3.86. The van der Waals surface area contributed by atoms with Crippen LogP contribution >= 0.6 is 27.3 Å². The Morgan fingerprint density at radius 1 is 1.43 bits per heavy atom. The molecular weight excluding hydrogens is 352 g/mol. The topological polar surface area (TPSA) is 49.4 Å². The minimum atomic E-state index is -0.695. The van der Waals surface area contributed by atoms with Gasteiger partial charge in [0, 0.05) is 4.88 Å². The van der Waals surface area contributed by atoms with E-state index >= 15 is 0 Å². The van der Waals surface area contributed by atoms with Crippen molar-refractivity contribution in [3.8, 4) is 0 Å². The summed E-state index contributed by atoms with van der Waals surface area (Å²) >= 11 is 5.07. The summed E-state index contributed by atoms with van der Waals surface area (Å²) in [7, 11) is 0. The average molecular weight is 371 g/mol. The molecule has 1 aromatic heterocycles. The van der Waals surface area contributed by atoms with Crippen LogP contribution in [-0.2, 0) is 16.1 Å². The quantitative estimate of drug-likeness (QED) is 0.885. The molecule has 0 bridgehead atoms. The van der Waals surface area contributed by atoms with Crippen molar-refractivity contribution in [2.24, 2.45) is 5.92 Å². The van der Waals surface area contributed by atoms with Gasteiger partial charge in [-0.25, -0.2) is 0 Å². The largest absolute Gasteiger partial charge is 0.342 e. The molecule has 3 rings (SSSR count). The first-order chi connectivity index (χ1) is 9.96. The smallest absolute Gasteiger partial charge is 0.246 e. The maximum absolute atomic E-state index is 12.8. The normalized spacial score (nSPS) is 29.7. The summed E-state index contributed by atoms with van der Waals surface area (Å²) in [5, 5.41) is 2.91. The Morgan fingerprint density at radius 2 is 2.14 bits per heavy atom. The molecule has 114 valence electrons. The van der Waals surface area contributed by atoms with Crippen molar-refractivity contribution in [3.05, 3.63) is 20.8 Å². The van der Waals surface area contributed by atoms with E-state index in [0.29, 0.717) is 18.9 Å².